The van der Waals surface area contributed by atoms with Crippen molar-refractivity contribution in [2.45, 2.75) is 450 Å². The number of carbonyl (C=O) groups is 3. The zero-order chi connectivity index (χ0) is 93.5. The normalized spacial score (nSPS) is 14.4. The summed E-state index contributed by atoms with van der Waals surface area (Å²) in [5.74, 6) is -1.56. The minimum atomic E-state index is -4.95. The van der Waals surface area contributed by atoms with Crippen LogP contribution in [0.25, 0.3) is 0 Å². The fraction of sp³-hybridized carbons (Fsp3) is 0.685. The number of esters is 3. The number of rotatable bonds is 97. The molecule has 0 aromatic carbocycles. The highest BCUT2D eigenvalue weighted by atomic mass is 31.2. The maximum Gasteiger partial charge on any atom is 0.472 e. The Bertz CT molecular complexity index is 3130. The minimum absolute atomic E-state index is 0.0972. The third-order valence-electron chi connectivity index (χ3n) is 21.8. The van der Waals surface area contributed by atoms with Crippen LogP contribution in [0.5, 0.6) is 0 Å². The molecule has 4 N–H and O–H groups in total. The van der Waals surface area contributed by atoms with Gasteiger partial charge in [-0.1, -0.05) is 446 Å². The summed E-state index contributed by atoms with van der Waals surface area (Å²) >= 11 is 0. The van der Waals surface area contributed by atoms with Crippen molar-refractivity contribution in [3.8, 4) is 0 Å². The van der Waals surface area contributed by atoms with Crippen LogP contribution in [0.4, 0.5) is 0 Å². The van der Waals surface area contributed by atoms with Gasteiger partial charge in [0.05, 0.1) is 26.4 Å². The van der Waals surface area contributed by atoms with Gasteiger partial charge in [0.1, 0.15) is 25.4 Å². The molecule has 0 saturated carbocycles. The van der Waals surface area contributed by atoms with Gasteiger partial charge >= 0.3 is 33.6 Å². The Morgan fingerprint density at radius 2 is 0.388 bits per heavy atom. The molecule has 0 radical (unpaired) electrons. The first-order valence-electron chi connectivity index (χ1n) is 51.7. The lowest BCUT2D eigenvalue weighted by Crippen LogP contribution is -2.30. The average Bonchev–Trinajstić information content (AvgIpc) is 0.894. The second kappa shape index (κ2) is 101. The van der Waals surface area contributed by atoms with Crippen molar-refractivity contribution < 1.29 is 75.8 Å². The van der Waals surface area contributed by atoms with Gasteiger partial charge in [0.2, 0.25) is 0 Å². The summed E-state index contributed by atoms with van der Waals surface area (Å²) in [7, 11) is -9.82. The number of hydrogen-bond acceptors (Lipinski definition) is 14. The highest BCUT2D eigenvalue weighted by molar-refractivity contribution is 7.47. The van der Waals surface area contributed by atoms with Crippen molar-refractivity contribution in [2.24, 2.45) is 0 Å². The molecule has 0 aliphatic carbocycles. The van der Waals surface area contributed by atoms with Gasteiger partial charge in [0.25, 0.3) is 0 Å². The SMILES string of the molecule is CC/C=C\C/C=C\C/C=C\C/C=C\C/C=C\C/C=C\CCCCCCCCCCCCCCCCC(=O)OCC(O)COP(=O)(O)OCC(O)COP(=O)(O)OCC(COC(=O)CCCCCCCCCCCCCCCCCCC/C=C\C/C=C\C/C=C\C/C=C\C/C=C\CC)OC(=O)CCCCCCCCCCCCC/C=C\C/C=C\C/C=C\C/C=C\C/C=C\CC. The number of aliphatic hydroxyl groups is 2. The van der Waals surface area contributed by atoms with Gasteiger partial charge in [0.15, 0.2) is 6.10 Å². The summed E-state index contributed by atoms with van der Waals surface area (Å²) in [5, 5.41) is 20.8. The Morgan fingerprint density at radius 1 is 0.217 bits per heavy atom. The van der Waals surface area contributed by atoms with E-state index in [0.29, 0.717) is 19.3 Å². The molecule has 0 rings (SSSR count). The minimum Gasteiger partial charge on any atom is -0.463 e. The van der Waals surface area contributed by atoms with E-state index in [-0.39, 0.29) is 19.3 Å². The average molecular weight is 1840 g/mol. The number of aliphatic hydroxyl groups excluding tert-OH is 2. The number of unbranched alkanes of at least 4 members (excludes halogenated alkanes) is 42. The summed E-state index contributed by atoms with van der Waals surface area (Å²) in [4.78, 5) is 59.3. The first kappa shape index (κ1) is 123. The molecule has 0 aliphatic heterocycles. The van der Waals surface area contributed by atoms with Crippen molar-refractivity contribution in [1.82, 2.24) is 0 Å². The third kappa shape index (κ3) is 103. The van der Waals surface area contributed by atoms with E-state index in [1.165, 1.54) is 193 Å². The number of hydrogen-bond donors (Lipinski definition) is 4. The van der Waals surface area contributed by atoms with E-state index in [4.69, 9.17) is 32.3 Å². The number of ether oxygens (including phenoxy) is 3. The molecular weight excluding hydrogens is 1650 g/mol. The van der Waals surface area contributed by atoms with Crippen LogP contribution in [-0.2, 0) is 55.8 Å². The van der Waals surface area contributed by atoms with Crippen LogP contribution < -0.4 is 0 Å². The monoisotopic (exact) mass is 1840 g/mol. The molecule has 0 saturated heterocycles. The highest BCUT2D eigenvalue weighted by Crippen LogP contribution is 2.45. The lowest BCUT2D eigenvalue weighted by Gasteiger charge is -2.21. The molecule has 0 heterocycles. The van der Waals surface area contributed by atoms with Crippen molar-refractivity contribution in [3.05, 3.63) is 194 Å². The summed E-state index contributed by atoms with van der Waals surface area (Å²) in [5.41, 5.74) is 0. The van der Waals surface area contributed by atoms with Gasteiger partial charge in [-0.3, -0.25) is 32.5 Å². The van der Waals surface area contributed by atoms with E-state index in [1.807, 2.05) is 0 Å². The van der Waals surface area contributed by atoms with Crippen LogP contribution in [0.2, 0.25) is 0 Å². The van der Waals surface area contributed by atoms with Crippen LogP contribution in [0, 0.1) is 0 Å². The van der Waals surface area contributed by atoms with E-state index < -0.39 is 91.5 Å². The second-order valence-electron chi connectivity index (χ2n) is 34.2. The van der Waals surface area contributed by atoms with Gasteiger partial charge in [-0.05, 0) is 161 Å². The molecule has 0 aliphatic rings. The molecular formula is C111H188O16P2. The zero-order valence-corrected chi connectivity index (χ0v) is 83.6. The van der Waals surface area contributed by atoms with E-state index in [2.05, 4.69) is 215 Å². The number of phosphoric acid groups is 2. The van der Waals surface area contributed by atoms with Crippen LogP contribution in [-0.4, -0.2) is 95.9 Å². The van der Waals surface area contributed by atoms with Crippen LogP contribution >= 0.6 is 15.6 Å². The smallest absolute Gasteiger partial charge is 0.463 e. The molecule has 5 atom stereocenters. The third-order valence-corrected chi connectivity index (χ3v) is 23.7. The van der Waals surface area contributed by atoms with E-state index in [0.717, 1.165) is 180 Å². The van der Waals surface area contributed by atoms with E-state index in [1.54, 1.807) is 0 Å². The van der Waals surface area contributed by atoms with Crippen molar-refractivity contribution >= 4 is 33.6 Å². The number of carbonyl (C=O) groups excluding carboxylic acids is 3. The molecule has 0 bridgehead atoms. The fourth-order valence-electron chi connectivity index (χ4n) is 14.1. The van der Waals surface area contributed by atoms with Crippen molar-refractivity contribution in [2.75, 3.05) is 39.6 Å². The maximum atomic E-state index is 13.1. The van der Waals surface area contributed by atoms with Gasteiger partial charge in [0, 0.05) is 19.3 Å². The molecule has 0 aromatic heterocycles. The van der Waals surface area contributed by atoms with E-state index >= 15 is 0 Å². The predicted molar refractivity (Wildman–Crippen MR) is 546 cm³/mol. The fourth-order valence-corrected chi connectivity index (χ4v) is 15.7. The molecule has 0 spiro atoms. The van der Waals surface area contributed by atoms with Gasteiger partial charge in [-0.2, -0.15) is 0 Å². The molecule has 738 valence electrons. The Hall–Kier alpha value is -5.61. The summed E-state index contributed by atoms with van der Waals surface area (Å²) in [6, 6.07) is 0. The van der Waals surface area contributed by atoms with Crippen LogP contribution in [0.3, 0.4) is 0 Å². The molecule has 0 aromatic rings. The first-order chi connectivity index (χ1) is 63.2. The Kier molecular flexibility index (Phi) is 97.0. The molecule has 5 unspecified atom stereocenters. The first-order valence-corrected chi connectivity index (χ1v) is 54.7. The maximum absolute atomic E-state index is 13.1. The quantitative estimate of drug-likeness (QED) is 0.0146. The number of allylic oxidation sites excluding steroid dienone is 32. The molecule has 16 nitrogen and oxygen atoms in total. The standard InChI is InChI=1S/C111H188O16P2/c1-4-7-10-13-16-19-22-25-28-31-34-37-40-43-46-48-50-52-54-56-59-61-64-67-70-73-76-79-82-85-88-91-94-97-109(114)121-100-106(112)101-123-128(117,118)124-102-107(113)103-125-129(119,120)126-105-108(127-111(116)99-96-93-90-87-84-81-78-75-72-69-66-63-58-45-42-39-36-33-30-27-24-21-18-15-12-9-6-3)104-122-110(115)98-95-92-89-86-83-80-77-74-71-68-65-62-60-57-55-53-51-49-47-44-41-38-35-32-29-26-23-20-17-14-11-8-5-2/h7-12,16-21,25-30,34-39,43-47,50,52,58,106-108,112-113H,4-6,13-15,22-24,31-33,40-42,48-49,51,53-57,59-105H2,1-3H3,(H,117,118)(H,119,120)/b10-7-,11-8-,12-9-,19-16-,20-17-,21-18-,28-25-,29-26-,30-27-,37-34-,38-35-,39-36-,46-43-,47-44-,52-50-,58-45-. The van der Waals surface area contributed by atoms with Crippen LogP contribution in [0.1, 0.15) is 432 Å². The second-order valence-corrected chi connectivity index (χ2v) is 37.1. The highest BCUT2D eigenvalue weighted by Gasteiger charge is 2.30. The molecule has 0 amide bonds. The molecule has 18 heteroatoms. The van der Waals surface area contributed by atoms with Gasteiger partial charge in [-0.25, -0.2) is 9.13 Å². The molecule has 0 fully saturated rings. The lowest BCUT2D eigenvalue weighted by molar-refractivity contribution is -0.161. The van der Waals surface area contributed by atoms with Crippen LogP contribution in [0.15, 0.2) is 194 Å². The number of phosphoric ester groups is 2. The van der Waals surface area contributed by atoms with Crippen molar-refractivity contribution in [1.29, 1.82) is 0 Å². The largest absolute Gasteiger partial charge is 0.472 e. The summed E-state index contributed by atoms with van der Waals surface area (Å²) < 4.78 is 61.7. The molecule has 129 heavy (non-hydrogen) atoms. The Labute approximate surface area is 788 Å². The summed E-state index contributed by atoms with van der Waals surface area (Å²) in [6.45, 7) is 2.41. The van der Waals surface area contributed by atoms with E-state index in [9.17, 15) is 43.5 Å². The summed E-state index contributed by atoms with van der Waals surface area (Å²) in [6.07, 6.45) is 136. The van der Waals surface area contributed by atoms with Crippen molar-refractivity contribution in [3.63, 3.8) is 0 Å². The Balaban J connectivity index is 4.61. The Morgan fingerprint density at radius 3 is 0.612 bits per heavy atom. The topological polar surface area (TPSA) is 231 Å². The predicted octanol–water partition coefficient (Wildman–Crippen LogP) is 32.9. The van der Waals surface area contributed by atoms with Gasteiger partial charge in [-0.15, -0.1) is 0 Å². The zero-order valence-electron chi connectivity index (χ0n) is 81.8. The van der Waals surface area contributed by atoms with Gasteiger partial charge < -0.3 is 34.2 Å². The lowest BCUT2D eigenvalue weighted by atomic mass is 10.0.